The number of fused-ring (bicyclic) bond motifs is 1. The smallest absolute Gasteiger partial charge is 0.163 e. The lowest BCUT2D eigenvalue weighted by atomic mass is 10.0. The van der Waals surface area contributed by atoms with E-state index in [9.17, 15) is 9.50 Å². The molecule has 158 valence electrons. The minimum atomic E-state index is -0.516. The van der Waals surface area contributed by atoms with Crippen molar-refractivity contribution < 1.29 is 19.0 Å². The van der Waals surface area contributed by atoms with Crippen molar-refractivity contribution in [3.8, 4) is 17.2 Å². The van der Waals surface area contributed by atoms with Crippen LogP contribution in [-0.2, 0) is 12.8 Å². The van der Waals surface area contributed by atoms with Gasteiger partial charge in [-0.1, -0.05) is 11.6 Å². The number of nitrogens with zero attached hydrogens (tertiary/aromatic N) is 3. The molecule has 0 fully saturated rings. The zero-order valence-electron chi connectivity index (χ0n) is 16.7. The van der Waals surface area contributed by atoms with E-state index in [2.05, 4.69) is 15.0 Å². The fraction of sp³-hybridized carbons (Fsp3) is 0.174. The van der Waals surface area contributed by atoms with Crippen LogP contribution >= 0.6 is 11.6 Å². The highest BCUT2D eigenvalue weighted by molar-refractivity contribution is 6.32. The lowest BCUT2D eigenvalue weighted by molar-refractivity contribution is 0.298. The number of halogens is 2. The Morgan fingerprint density at radius 3 is 2.65 bits per heavy atom. The molecule has 2 aromatic heterocycles. The zero-order chi connectivity index (χ0) is 21.8. The van der Waals surface area contributed by atoms with Crippen LogP contribution in [0.2, 0.25) is 5.02 Å². The first-order valence-electron chi connectivity index (χ1n) is 9.55. The van der Waals surface area contributed by atoms with E-state index in [0.717, 1.165) is 18.1 Å². The molecule has 2 heterocycles. The van der Waals surface area contributed by atoms with E-state index >= 15 is 0 Å². The van der Waals surface area contributed by atoms with Crippen molar-refractivity contribution in [1.29, 1.82) is 0 Å². The lowest BCUT2D eigenvalue weighted by Crippen LogP contribution is -2.04. The summed E-state index contributed by atoms with van der Waals surface area (Å²) in [6.45, 7) is 0.457. The molecule has 0 unspecified atom stereocenters. The fourth-order valence-electron chi connectivity index (χ4n) is 3.26. The standard InChI is InChI=1S/C23H19ClFN3O3/c1-30-22-10-16-19(8-15-9-21(29)17(24)11-18(15)25)27-13-28-20(16)12-23(22)31-7-4-14-2-5-26-6-3-14/h2-3,5-6,9-13,29H,4,7-8H2,1H3. The number of hydrogen-bond donors (Lipinski definition) is 1. The van der Waals surface area contributed by atoms with E-state index in [4.69, 9.17) is 21.1 Å². The number of phenolic OH excluding ortho intramolecular Hbond substituents is 1. The van der Waals surface area contributed by atoms with Gasteiger partial charge in [-0.05, 0) is 41.5 Å². The predicted molar refractivity (Wildman–Crippen MR) is 115 cm³/mol. The average molecular weight is 440 g/mol. The maximum atomic E-state index is 14.3. The molecule has 1 N–H and O–H groups in total. The van der Waals surface area contributed by atoms with E-state index in [-0.39, 0.29) is 22.8 Å². The number of rotatable bonds is 7. The third kappa shape index (κ3) is 4.67. The molecule has 0 bridgehead atoms. The van der Waals surface area contributed by atoms with Gasteiger partial charge in [-0.3, -0.25) is 4.98 Å². The van der Waals surface area contributed by atoms with Gasteiger partial charge in [0.1, 0.15) is 17.9 Å². The number of aromatic hydroxyl groups is 1. The number of pyridine rings is 1. The zero-order valence-corrected chi connectivity index (χ0v) is 17.4. The van der Waals surface area contributed by atoms with Gasteiger partial charge in [-0.15, -0.1) is 0 Å². The van der Waals surface area contributed by atoms with Gasteiger partial charge in [0.15, 0.2) is 11.5 Å². The highest BCUT2D eigenvalue weighted by Gasteiger charge is 2.15. The van der Waals surface area contributed by atoms with Crippen LogP contribution in [0.1, 0.15) is 16.8 Å². The minimum Gasteiger partial charge on any atom is -0.506 e. The molecule has 0 amide bonds. The van der Waals surface area contributed by atoms with Crippen LogP contribution < -0.4 is 9.47 Å². The van der Waals surface area contributed by atoms with Crippen molar-refractivity contribution >= 4 is 22.5 Å². The Balaban J connectivity index is 1.61. The van der Waals surface area contributed by atoms with Crippen molar-refractivity contribution in [2.24, 2.45) is 0 Å². The molecule has 4 aromatic rings. The van der Waals surface area contributed by atoms with Crippen LogP contribution in [0.25, 0.3) is 10.9 Å². The van der Waals surface area contributed by atoms with Crippen molar-refractivity contribution in [3.63, 3.8) is 0 Å². The third-order valence-corrected chi connectivity index (χ3v) is 5.18. The van der Waals surface area contributed by atoms with E-state index in [1.807, 2.05) is 12.1 Å². The molecule has 0 aliphatic heterocycles. The summed E-state index contributed by atoms with van der Waals surface area (Å²) in [6, 6.07) is 9.83. The highest BCUT2D eigenvalue weighted by atomic mass is 35.5. The van der Waals surface area contributed by atoms with Crippen LogP contribution in [0, 0.1) is 5.82 Å². The number of hydrogen-bond acceptors (Lipinski definition) is 6. The first kappa shape index (κ1) is 20.8. The Kier molecular flexibility index (Phi) is 6.13. The van der Waals surface area contributed by atoms with E-state index in [1.54, 1.807) is 31.6 Å². The molecule has 0 aliphatic rings. The second-order valence-corrected chi connectivity index (χ2v) is 7.27. The second-order valence-electron chi connectivity index (χ2n) is 6.87. The van der Waals surface area contributed by atoms with Crippen LogP contribution in [-0.4, -0.2) is 33.8 Å². The SMILES string of the molecule is COc1cc2c(Cc3cc(O)c(Cl)cc3F)ncnc2cc1OCCc1ccncc1. The molecule has 4 rings (SSSR count). The molecule has 31 heavy (non-hydrogen) atoms. The summed E-state index contributed by atoms with van der Waals surface area (Å²) in [5.41, 5.74) is 2.63. The van der Waals surface area contributed by atoms with Gasteiger partial charge in [0.05, 0.1) is 29.9 Å². The van der Waals surface area contributed by atoms with E-state index in [1.165, 1.54) is 12.4 Å². The molecule has 0 radical (unpaired) electrons. The quantitative estimate of drug-likeness (QED) is 0.448. The Hall–Kier alpha value is -3.45. The molecular weight excluding hydrogens is 421 g/mol. The van der Waals surface area contributed by atoms with Gasteiger partial charge < -0.3 is 14.6 Å². The first-order valence-corrected chi connectivity index (χ1v) is 9.93. The molecular formula is C23H19ClFN3O3. The summed E-state index contributed by atoms with van der Waals surface area (Å²) in [5.74, 6) is 0.387. The number of methoxy groups -OCH3 is 1. The maximum Gasteiger partial charge on any atom is 0.163 e. The van der Waals surface area contributed by atoms with Gasteiger partial charge in [-0.25, -0.2) is 14.4 Å². The molecule has 6 nitrogen and oxygen atoms in total. The predicted octanol–water partition coefficient (Wildman–Crippen LogP) is 4.74. The van der Waals surface area contributed by atoms with Gasteiger partial charge in [0.2, 0.25) is 0 Å². The van der Waals surface area contributed by atoms with Crippen molar-refractivity contribution in [1.82, 2.24) is 15.0 Å². The first-order chi connectivity index (χ1) is 15.0. The number of aromatic nitrogens is 3. The Morgan fingerprint density at radius 2 is 1.87 bits per heavy atom. The minimum absolute atomic E-state index is 0.0379. The van der Waals surface area contributed by atoms with Crippen molar-refractivity contribution in [2.45, 2.75) is 12.8 Å². The summed E-state index contributed by atoms with van der Waals surface area (Å²) in [7, 11) is 1.55. The molecule has 0 atom stereocenters. The van der Waals surface area contributed by atoms with Gasteiger partial charge in [0.25, 0.3) is 0 Å². The molecule has 0 aliphatic carbocycles. The summed E-state index contributed by atoms with van der Waals surface area (Å²) >= 11 is 5.77. The lowest BCUT2D eigenvalue weighted by Gasteiger charge is -2.13. The average Bonchev–Trinajstić information content (AvgIpc) is 2.78. The Bertz CT molecular complexity index is 1220. The summed E-state index contributed by atoms with van der Waals surface area (Å²) in [6.07, 6.45) is 5.78. The molecule has 0 saturated carbocycles. The number of benzene rings is 2. The maximum absolute atomic E-state index is 14.3. The van der Waals surface area contributed by atoms with Crippen molar-refractivity contribution in [3.05, 3.63) is 82.8 Å². The molecule has 2 aromatic carbocycles. The largest absolute Gasteiger partial charge is 0.506 e. The third-order valence-electron chi connectivity index (χ3n) is 4.87. The topological polar surface area (TPSA) is 77.4 Å². The van der Waals surface area contributed by atoms with Crippen LogP contribution in [0.4, 0.5) is 4.39 Å². The van der Waals surface area contributed by atoms with Gasteiger partial charge in [0, 0.05) is 36.7 Å². The van der Waals surface area contributed by atoms with E-state index in [0.29, 0.717) is 34.7 Å². The van der Waals surface area contributed by atoms with E-state index < -0.39 is 5.82 Å². The molecule has 0 saturated heterocycles. The van der Waals surface area contributed by atoms with Gasteiger partial charge in [-0.2, -0.15) is 0 Å². The molecule has 0 spiro atoms. The van der Waals surface area contributed by atoms with Crippen LogP contribution in [0.15, 0.2) is 55.1 Å². The summed E-state index contributed by atoms with van der Waals surface area (Å²) in [5, 5.41) is 10.5. The fourth-order valence-corrected chi connectivity index (χ4v) is 3.41. The summed E-state index contributed by atoms with van der Waals surface area (Å²) in [4.78, 5) is 12.6. The highest BCUT2D eigenvalue weighted by Crippen LogP contribution is 2.34. The Labute approximate surface area is 183 Å². The van der Waals surface area contributed by atoms with Crippen LogP contribution in [0.3, 0.4) is 0 Å². The number of phenols is 1. The normalized spacial score (nSPS) is 10.9. The molecule has 8 heteroatoms. The monoisotopic (exact) mass is 439 g/mol. The van der Waals surface area contributed by atoms with Crippen LogP contribution in [0.5, 0.6) is 17.2 Å². The number of ether oxygens (including phenoxy) is 2. The Morgan fingerprint density at radius 1 is 1.06 bits per heavy atom. The van der Waals surface area contributed by atoms with Crippen molar-refractivity contribution in [2.75, 3.05) is 13.7 Å². The van der Waals surface area contributed by atoms with Gasteiger partial charge >= 0.3 is 0 Å². The second kappa shape index (κ2) is 9.14. The summed E-state index contributed by atoms with van der Waals surface area (Å²) < 4.78 is 25.7.